The molecule has 0 spiro atoms. The highest BCUT2D eigenvalue weighted by molar-refractivity contribution is 6.30. The van der Waals surface area contributed by atoms with Crippen LogP contribution in [0.3, 0.4) is 0 Å². The number of amides is 2. The van der Waals surface area contributed by atoms with Crippen LogP contribution in [0.25, 0.3) is 0 Å². The molecule has 2 fully saturated rings. The van der Waals surface area contributed by atoms with Crippen molar-refractivity contribution in [3.05, 3.63) is 52.5 Å². The van der Waals surface area contributed by atoms with Gasteiger partial charge in [0.2, 0.25) is 5.91 Å². The predicted octanol–water partition coefficient (Wildman–Crippen LogP) is 4.30. The van der Waals surface area contributed by atoms with Gasteiger partial charge in [-0.15, -0.1) is 0 Å². The van der Waals surface area contributed by atoms with Gasteiger partial charge in [0.1, 0.15) is 12.2 Å². The molecule has 1 N–H and O–H groups in total. The lowest BCUT2D eigenvalue weighted by Crippen LogP contribution is -2.45. The van der Waals surface area contributed by atoms with Crippen LogP contribution in [0, 0.1) is 11.8 Å². The third-order valence-corrected chi connectivity index (χ3v) is 8.05. The average Bonchev–Trinajstić information content (AvgIpc) is 3.78. The molecule has 1 saturated heterocycles. The summed E-state index contributed by atoms with van der Waals surface area (Å²) in [5.74, 6) is -0.421. The van der Waals surface area contributed by atoms with Gasteiger partial charge in [0.15, 0.2) is 11.5 Å². The molecule has 1 aliphatic carbocycles. The number of likely N-dealkylation sites (tertiary alicyclic amines) is 1. The lowest BCUT2D eigenvalue weighted by Gasteiger charge is -2.32. The molecule has 1 saturated carbocycles. The van der Waals surface area contributed by atoms with Gasteiger partial charge in [0.25, 0.3) is 5.91 Å². The maximum atomic E-state index is 14.0. The molecular weight excluding hydrogens is 524 g/mol. The van der Waals surface area contributed by atoms with Crippen molar-refractivity contribution >= 4 is 35.1 Å². The highest BCUT2D eigenvalue weighted by atomic mass is 35.5. The molecule has 0 bridgehead atoms. The fourth-order valence-electron chi connectivity index (χ4n) is 5.47. The van der Waals surface area contributed by atoms with E-state index in [9.17, 15) is 19.5 Å². The van der Waals surface area contributed by atoms with Gasteiger partial charge < -0.3 is 29.1 Å². The van der Waals surface area contributed by atoms with Gasteiger partial charge in [0.05, 0.1) is 26.6 Å². The Morgan fingerprint density at radius 3 is 2.44 bits per heavy atom. The molecule has 5 rings (SSSR count). The number of halogens is 1. The number of nitrogens with zero attached hydrogens (tertiary/aromatic N) is 2. The summed E-state index contributed by atoms with van der Waals surface area (Å²) < 4.78 is 17.8. The zero-order valence-corrected chi connectivity index (χ0v) is 22.9. The number of carbonyl (C=O) groups excluding carboxylic acids is 2. The normalized spacial score (nSPS) is 21.8. The maximum absolute atomic E-state index is 14.0. The first kappa shape index (κ1) is 27.3. The number of anilines is 1. The van der Waals surface area contributed by atoms with E-state index in [-0.39, 0.29) is 18.2 Å². The predicted molar refractivity (Wildman–Crippen MR) is 144 cm³/mol. The number of fused-ring (bicyclic) bond motifs is 1. The summed E-state index contributed by atoms with van der Waals surface area (Å²) >= 11 is 6.46. The number of hydrogen-bond donors (Lipinski definition) is 1. The van der Waals surface area contributed by atoms with Crippen molar-refractivity contribution in [1.29, 1.82) is 0 Å². The molecule has 39 heavy (non-hydrogen) atoms. The van der Waals surface area contributed by atoms with E-state index < -0.39 is 24.1 Å². The Labute approximate surface area is 232 Å². The smallest absolute Gasteiger partial charge is 0.306 e. The third kappa shape index (κ3) is 5.70. The van der Waals surface area contributed by atoms with Gasteiger partial charge in [-0.3, -0.25) is 14.4 Å². The second-order valence-corrected chi connectivity index (χ2v) is 10.8. The van der Waals surface area contributed by atoms with Crippen LogP contribution in [-0.4, -0.2) is 67.7 Å². The summed E-state index contributed by atoms with van der Waals surface area (Å²) in [6.45, 7) is 1.21. The van der Waals surface area contributed by atoms with Crippen molar-refractivity contribution in [2.45, 2.75) is 44.3 Å². The number of rotatable bonds is 8. The van der Waals surface area contributed by atoms with E-state index in [0.717, 1.165) is 12.8 Å². The molecule has 10 heteroatoms. The van der Waals surface area contributed by atoms with Crippen molar-refractivity contribution < 1.29 is 33.7 Å². The lowest BCUT2D eigenvalue weighted by atomic mass is 9.96. The molecule has 0 aromatic heterocycles. The second-order valence-electron chi connectivity index (χ2n) is 10.4. The lowest BCUT2D eigenvalue weighted by molar-refractivity contribution is -0.148. The van der Waals surface area contributed by atoms with Gasteiger partial charge in [0, 0.05) is 41.5 Å². The number of carbonyl (C=O) groups is 3. The molecule has 2 aliphatic heterocycles. The van der Waals surface area contributed by atoms with Crippen LogP contribution in [0.1, 0.15) is 49.3 Å². The Kier molecular flexibility index (Phi) is 8.00. The SMILES string of the molecule is COc1cccc(C2OC(CC(=O)N3CCC(C(=O)O)CC3)C(=O)N(CC3CC3)c3ccc(Cl)cc32)c1OC. The molecule has 2 heterocycles. The van der Waals surface area contributed by atoms with Crippen molar-refractivity contribution in [2.24, 2.45) is 11.8 Å². The summed E-state index contributed by atoms with van der Waals surface area (Å²) in [5, 5.41) is 9.82. The molecule has 0 radical (unpaired) electrons. The molecule has 2 aromatic rings. The zero-order valence-electron chi connectivity index (χ0n) is 22.1. The van der Waals surface area contributed by atoms with E-state index in [2.05, 4.69) is 0 Å². The molecule has 9 nitrogen and oxygen atoms in total. The van der Waals surface area contributed by atoms with Gasteiger partial charge in [-0.1, -0.05) is 23.7 Å². The van der Waals surface area contributed by atoms with E-state index in [1.54, 1.807) is 42.2 Å². The number of para-hydroxylation sites is 1. The summed E-state index contributed by atoms with van der Waals surface area (Å²) in [6, 6.07) is 10.9. The summed E-state index contributed by atoms with van der Waals surface area (Å²) in [7, 11) is 3.10. The van der Waals surface area contributed by atoms with E-state index in [1.165, 1.54) is 0 Å². The Hall–Kier alpha value is -3.30. The molecular formula is C29H33ClN2O7. The average molecular weight is 557 g/mol. The minimum Gasteiger partial charge on any atom is -0.493 e. The van der Waals surface area contributed by atoms with Crippen LogP contribution in [0.4, 0.5) is 5.69 Å². The van der Waals surface area contributed by atoms with Crippen molar-refractivity contribution in [1.82, 2.24) is 4.90 Å². The molecule has 2 amide bonds. The summed E-state index contributed by atoms with van der Waals surface area (Å²) in [6.07, 6.45) is 0.908. The summed E-state index contributed by atoms with van der Waals surface area (Å²) in [4.78, 5) is 42.2. The number of hydrogen-bond acceptors (Lipinski definition) is 6. The van der Waals surface area contributed by atoms with Crippen molar-refractivity contribution in [2.75, 3.05) is 38.8 Å². The molecule has 208 valence electrons. The first-order chi connectivity index (χ1) is 18.8. The number of ether oxygens (including phenoxy) is 3. The Morgan fingerprint density at radius 2 is 1.79 bits per heavy atom. The zero-order chi connectivity index (χ0) is 27.7. The van der Waals surface area contributed by atoms with Gasteiger partial charge >= 0.3 is 5.97 Å². The quantitative estimate of drug-likeness (QED) is 0.516. The molecule has 3 aliphatic rings. The highest BCUT2D eigenvalue weighted by Gasteiger charge is 2.41. The van der Waals surface area contributed by atoms with Crippen LogP contribution >= 0.6 is 11.6 Å². The van der Waals surface area contributed by atoms with Gasteiger partial charge in [-0.2, -0.15) is 0 Å². The number of benzene rings is 2. The van der Waals surface area contributed by atoms with E-state index >= 15 is 0 Å². The first-order valence-electron chi connectivity index (χ1n) is 13.3. The number of carboxylic acids is 1. The number of piperidine rings is 1. The van der Waals surface area contributed by atoms with E-state index in [4.69, 9.17) is 25.8 Å². The topological polar surface area (TPSA) is 106 Å². The number of methoxy groups -OCH3 is 2. The number of carboxylic acid groups (broad SMARTS) is 1. The minimum absolute atomic E-state index is 0.151. The van der Waals surface area contributed by atoms with E-state index in [0.29, 0.717) is 71.7 Å². The van der Waals surface area contributed by atoms with Crippen LogP contribution < -0.4 is 14.4 Å². The fourth-order valence-corrected chi connectivity index (χ4v) is 5.66. The molecule has 2 aromatic carbocycles. The Bertz CT molecular complexity index is 1260. The van der Waals surface area contributed by atoms with Gasteiger partial charge in [-0.25, -0.2) is 0 Å². The number of aliphatic carboxylic acids is 1. The van der Waals surface area contributed by atoms with Crippen LogP contribution in [0.15, 0.2) is 36.4 Å². The van der Waals surface area contributed by atoms with Crippen LogP contribution in [-0.2, 0) is 19.1 Å². The van der Waals surface area contributed by atoms with E-state index in [1.807, 2.05) is 18.2 Å². The maximum Gasteiger partial charge on any atom is 0.306 e. The van der Waals surface area contributed by atoms with Crippen LogP contribution in [0.5, 0.6) is 11.5 Å². The Balaban J connectivity index is 1.52. The third-order valence-electron chi connectivity index (χ3n) is 7.82. The summed E-state index contributed by atoms with van der Waals surface area (Å²) in [5.41, 5.74) is 2.06. The monoisotopic (exact) mass is 556 g/mol. The second kappa shape index (κ2) is 11.4. The van der Waals surface area contributed by atoms with Crippen molar-refractivity contribution in [3.63, 3.8) is 0 Å². The van der Waals surface area contributed by atoms with Crippen molar-refractivity contribution in [3.8, 4) is 11.5 Å². The standard InChI is InChI=1S/C29H33ClN2O7/c1-37-23-5-3-4-20(27(23)38-2)26-21-14-19(30)8-9-22(21)32(16-17-6-7-17)28(34)24(39-26)15-25(33)31-12-10-18(11-13-31)29(35)36/h3-5,8-9,14,17-18,24,26H,6-7,10-13,15-16H2,1-2H3,(H,35,36). The van der Waals surface area contributed by atoms with Gasteiger partial charge in [-0.05, 0) is 55.9 Å². The first-order valence-corrected chi connectivity index (χ1v) is 13.7. The highest BCUT2D eigenvalue weighted by Crippen LogP contribution is 2.46. The Morgan fingerprint density at radius 1 is 1.05 bits per heavy atom. The molecule has 2 atom stereocenters. The molecule has 2 unspecified atom stereocenters. The minimum atomic E-state index is -1.06. The van der Waals surface area contributed by atoms with Crippen LogP contribution in [0.2, 0.25) is 5.02 Å². The largest absolute Gasteiger partial charge is 0.493 e. The fraction of sp³-hybridized carbons (Fsp3) is 0.483.